The van der Waals surface area contributed by atoms with E-state index in [0.717, 1.165) is 17.9 Å². The van der Waals surface area contributed by atoms with E-state index in [0.29, 0.717) is 6.04 Å². The summed E-state index contributed by atoms with van der Waals surface area (Å²) < 4.78 is 0. The van der Waals surface area contributed by atoms with E-state index in [1.807, 2.05) is 11.3 Å². The average Bonchev–Trinajstić information content (AvgIpc) is 3.25. The Labute approximate surface area is 109 Å². The summed E-state index contributed by atoms with van der Waals surface area (Å²) in [7, 11) is 0. The molecule has 2 saturated carbocycles. The molecule has 0 amide bonds. The fourth-order valence-corrected chi connectivity index (χ4v) is 3.71. The highest BCUT2D eigenvalue weighted by Gasteiger charge is 2.42. The summed E-state index contributed by atoms with van der Waals surface area (Å²) in [6.45, 7) is 2.30. The van der Waals surface area contributed by atoms with Gasteiger partial charge in [-0.25, -0.2) is 0 Å². The molecule has 1 atom stereocenters. The molecule has 0 aliphatic heterocycles. The molecule has 1 unspecified atom stereocenters. The van der Waals surface area contributed by atoms with Crippen LogP contribution in [-0.4, -0.2) is 6.04 Å². The lowest BCUT2D eigenvalue weighted by Crippen LogP contribution is -2.36. The zero-order valence-corrected chi connectivity index (χ0v) is 11.5. The van der Waals surface area contributed by atoms with Crippen LogP contribution in [0.5, 0.6) is 0 Å². The van der Waals surface area contributed by atoms with E-state index in [4.69, 9.17) is 0 Å². The van der Waals surface area contributed by atoms with E-state index in [1.54, 1.807) is 0 Å². The van der Waals surface area contributed by atoms with Crippen molar-refractivity contribution >= 4 is 11.3 Å². The summed E-state index contributed by atoms with van der Waals surface area (Å²) in [5.74, 6) is 2.00. The SMILES string of the molecule is CCCC(NC(C1CC1)C1CC1)c1cccs1. The van der Waals surface area contributed by atoms with Crippen LogP contribution >= 0.6 is 11.3 Å². The number of thiophene rings is 1. The molecule has 0 aromatic carbocycles. The molecule has 1 heterocycles. The largest absolute Gasteiger partial charge is 0.306 e. The van der Waals surface area contributed by atoms with E-state index in [-0.39, 0.29) is 0 Å². The molecule has 0 spiro atoms. The zero-order valence-electron chi connectivity index (χ0n) is 10.7. The van der Waals surface area contributed by atoms with Crippen molar-refractivity contribution in [3.05, 3.63) is 22.4 Å². The molecular formula is C15H23NS. The maximum atomic E-state index is 3.99. The van der Waals surface area contributed by atoms with Crippen molar-refractivity contribution in [1.29, 1.82) is 0 Å². The number of rotatable bonds is 7. The standard InChI is InChI=1S/C15H23NS/c1-2-4-13(14-5-3-10-17-14)16-15(11-6-7-11)12-8-9-12/h3,5,10-13,15-16H,2,4,6-9H2,1H3. The predicted octanol–water partition coefficient (Wildman–Crippen LogP) is 4.37. The highest BCUT2D eigenvalue weighted by molar-refractivity contribution is 7.10. The minimum Gasteiger partial charge on any atom is -0.306 e. The average molecular weight is 249 g/mol. The molecule has 3 rings (SSSR count). The number of hydrogen-bond donors (Lipinski definition) is 1. The molecule has 2 fully saturated rings. The van der Waals surface area contributed by atoms with Gasteiger partial charge in [0.05, 0.1) is 0 Å². The maximum absolute atomic E-state index is 3.99. The summed E-state index contributed by atoms with van der Waals surface area (Å²) >= 11 is 1.91. The van der Waals surface area contributed by atoms with Crippen LogP contribution in [0.15, 0.2) is 17.5 Å². The third kappa shape index (κ3) is 2.92. The van der Waals surface area contributed by atoms with Crippen molar-refractivity contribution in [3.63, 3.8) is 0 Å². The van der Waals surface area contributed by atoms with Crippen LogP contribution in [0.4, 0.5) is 0 Å². The Morgan fingerprint density at radius 3 is 2.47 bits per heavy atom. The smallest absolute Gasteiger partial charge is 0.0416 e. The van der Waals surface area contributed by atoms with Crippen molar-refractivity contribution in [2.24, 2.45) is 11.8 Å². The third-order valence-corrected chi connectivity index (χ3v) is 5.10. The molecule has 0 bridgehead atoms. The molecule has 2 aliphatic carbocycles. The summed E-state index contributed by atoms with van der Waals surface area (Å²) in [6.07, 6.45) is 8.44. The van der Waals surface area contributed by atoms with Crippen molar-refractivity contribution < 1.29 is 0 Å². The molecule has 1 aromatic heterocycles. The monoisotopic (exact) mass is 249 g/mol. The molecule has 0 radical (unpaired) electrons. The first-order chi connectivity index (χ1) is 8.38. The topological polar surface area (TPSA) is 12.0 Å². The van der Waals surface area contributed by atoms with E-state index in [1.165, 1.54) is 43.4 Å². The molecule has 0 saturated heterocycles. The van der Waals surface area contributed by atoms with Gasteiger partial charge in [0.1, 0.15) is 0 Å². The molecule has 17 heavy (non-hydrogen) atoms. The molecular weight excluding hydrogens is 226 g/mol. The second-order valence-electron chi connectivity index (χ2n) is 5.72. The van der Waals surface area contributed by atoms with Crippen molar-refractivity contribution in [3.8, 4) is 0 Å². The van der Waals surface area contributed by atoms with Gasteiger partial charge in [0, 0.05) is 17.0 Å². The van der Waals surface area contributed by atoms with Crippen molar-refractivity contribution in [2.75, 3.05) is 0 Å². The molecule has 2 heteroatoms. The van der Waals surface area contributed by atoms with Crippen LogP contribution in [0.3, 0.4) is 0 Å². The fourth-order valence-electron chi connectivity index (χ4n) is 2.89. The van der Waals surface area contributed by atoms with E-state index in [2.05, 4.69) is 29.8 Å². The van der Waals surface area contributed by atoms with Crippen LogP contribution < -0.4 is 5.32 Å². The Morgan fingerprint density at radius 1 is 1.29 bits per heavy atom. The Hall–Kier alpha value is -0.340. The molecule has 1 nitrogen and oxygen atoms in total. The third-order valence-electron chi connectivity index (χ3n) is 4.12. The van der Waals surface area contributed by atoms with Gasteiger partial charge in [-0.3, -0.25) is 0 Å². The van der Waals surface area contributed by atoms with Crippen LogP contribution in [0, 0.1) is 11.8 Å². The van der Waals surface area contributed by atoms with Gasteiger partial charge >= 0.3 is 0 Å². The molecule has 2 aliphatic rings. The van der Waals surface area contributed by atoms with Crippen molar-refractivity contribution in [2.45, 2.75) is 57.5 Å². The van der Waals surface area contributed by atoms with Crippen LogP contribution in [0.1, 0.15) is 56.4 Å². The Kier molecular flexibility index (Phi) is 3.53. The number of hydrogen-bond acceptors (Lipinski definition) is 2. The first kappa shape index (κ1) is 11.7. The van der Waals surface area contributed by atoms with Crippen LogP contribution in [-0.2, 0) is 0 Å². The first-order valence-corrected chi connectivity index (χ1v) is 8.06. The Balaban J connectivity index is 1.66. The fraction of sp³-hybridized carbons (Fsp3) is 0.733. The summed E-state index contributed by atoms with van der Waals surface area (Å²) in [6, 6.07) is 5.93. The van der Waals surface area contributed by atoms with Gasteiger partial charge in [-0.2, -0.15) is 0 Å². The van der Waals surface area contributed by atoms with Crippen LogP contribution in [0.2, 0.25) is 0 Å². The van der Waals surface area contributed by atoms with E-state index < -0.39 is 0 Å². The molecule has 94 valence electrons. The van der Waals surface area contributed by atoms with Crippen molar-refractivity contribution in [1.82, 2.24) is 5.32 Å². The Morgan fingerprint density at radius 2 is 2.00 bits per heavy atom. The van der Waals surface area contributed by atoms with Gasteiger partial charge in [-0.1, -0.05) is 19.4 Å². The first-order valence-electron chi connectivity index (χ1n) is 7.18. The maximum Gasteiger partial charge on any atom is 0.0416 e. The summed E-state index contributed by atoms with van der Waals surface area (Å²) in [5, 5.41) is 6.20. The molecule has 1 N–H and O–H groups in total. The van der Waals surface area contributed by atoms with Gasteiger partial charge in [0.25, 0.3) is 0 Å². The highest BCUT2D eigenvalue weighted by Crippen LogP contribution is 2.45. The van der Waals surface area contributed by atoms with Gasteiger partial charge in [0.2, 0.25) is 0 Å². The second kappa shape index (κ2) is 5.11. The van der Waals surface area contributed by atoms with E-state index in [9.17, 15) is 0 Å². The lowest BCUT2D eigenvalue weighted by molar-refractivity contribution is 0.354. The quantitative estimate of drug-likeness (QED) is 0.756. The highest BCUT2D eigenvalue weighted by atomic mass is 32.1. The Bertz CT molecular complexity index is 326. The summed E-state index contributed by atoms with van der Waals surface area (Å²) in [5.41, 5.74) is 0. The van der Waals surface area contributed by atoms with E-state index >= 15 is 0 Å². The van der Waals surface area contributed by atoms with Crippen LogP contribution in [0.25, 0.3) is 0 Å². The van der Waals surface area contributed by atoms with Gasteiger partial charge in [0.15, 0.2) is 0 Å². The van der Waals surface area contributed by atoms with Gasteiger partial charge in [-0.05, 0) is 55.4 Å². The number of nitrogens with one attached hydrogen (secondary N) is 1. The zero-order chi connectivity index (χ0) is 11.7. The minimum atomic E-state index is 0.617. The van der Waals surface area contributed by atoms with Gasteiger partial charge in [-0.15, -0.1) is 11.3 Å². The lowest BCUT2D eigenvalue weighted by Gasteiger charge is -2.25. The predicted molar refractivity (Wildman–Crippen MR) is 74.3 cm³/mol. The lowest BCUT2D eigenvalue weighted by atomic mass is 10.0. The van der Waals surface area contributed by atoms with Gasteiger partial charge < -0.3 is 5.32 Å². The summed E-state index contributed by atoms with van der Waals surface area (Å²) in [4.78, 5) is 1.54. The minimum absolute atomic E-state index is 0.617. The second-order valence-corrected chi connectivity index (χ2v) is 6.70. The normalized spacial score (nSPS) is 22.0. The molecule has 1 aromatic rings.